The van der Waals surface area contributed by atoms with Crippen LogP contribution < -0.4 is 0 Å². The number of amides is 1. The molecule has 7 heteroatoms. The Kier molecular flexibility index (Phi) is 2.84. The first-order valence-electron chi connectivity index (χ1n) is 5.12. The van der Waals surface area contributed by atoms with Crippen LogP contribution in [0.4, 0.5) is 0 Å². The minimum Gasteiger partial charge on any atom is -0.480 e. The number of rotatable bonds is 2. The molecule has 7 nitrogen and oxygen atoms in total. The Hall–Kier alpha value is -1.89. The van der Waals surface area contributed by atoms with Gasteiger partial charge in [-0.2, -0.15) is 0 Å². The zero-order chi connectivity index (χ0) is 12.6. The van der Waals surface area contributed by atoms with E-state index >= 15 is 0 Å². The number of aliphatic carboxylic acids is 1. The van der Waals surface area contributed by atoms with Crippen LogP contribution in [0.5, 0.6) is 0 Å². The van der Waals surface area contributed by atoms with Crippen LogP contribution in [0.25, 0.3) is 0 Å². The van der Waals surface area contributed by atoms with Crippen LogP contribution in [0.2, 0.25) is 0 Å². The van der Waals surface area contributed by atoms with Gasteiger partial charge in [-0.1, -0.05) is 0 Å². The number of aromatic nitrogens is 1. The summed E-state index contributed by atoms with van der Waals surface area (Å²) in [4.78, 5) is 27.8. The highest BCUT2D eigenvalue weighted by Crippen LogP contribution is 2.21. The summed E-state index contributed by atoms with van der Waals surface area (Å²) < 4.78 is 4.92. The van der Waals surface area contributed by atoms with E-state index in [2.05, 4.69) is 4.98 Å². The smallest absolute Gasteiger partial charge is 0.326 e. The molecule has 2 heterocycles. The number of oxazole rings is 1. The fourth-order valence-electron chi connectivity index (χ4n) is 1.91. The highest BCUT2D eigenvalue weighted by atomic mass is 16.4. The summed E-state index contributed by atoms with van der Waals surface area (Å²) in [5.41, 5.74) is 0.403. The Morgan fingerprint density at radius 2 is 2.29 bits per heavy atom. The van der Waals surface area contributed by atoms with Crippen molar-refractivity contribution in [2.24, 2.45) is 0 Å². The Bertz CT molecular complexity index is 455. The van der Waals surface area contributed by atoms with Gasteiger partial charge in [0.05, 0.1) is 11.8 Å². The molecule has 17 heavy (non-hydrogen) atoms. The van der Waals surface area contributed by atoms with E-state index < -0.39 is 24.0 Å². The van der Waals surface area contributed by atoms with E-state index in [1.165, 1.54) is 0 Å². The third-order valence-corrected chi connectivity index (χ3v) is 2.76. The highest BCUT2D eigenvalue weighted by Gasteiger charge is 2.40. The molecule has 1 saturated heterocycles. The lowest BCUT2D eigenvalue weighted by Gasteiger charge is -2.19. The van der Waals surface area contributed by atoms with Crippen LogP contribution in [0.1, 0.15) is 22.7 Å². The summed E-state index contributed by atoms with van der Waals surface area (Å²) in [5.74, 6) is -1.67. The largest absolute Gasteiger partial charge is 0.480 e. The molecule has 0 bridgehead atoms. The third-order valence-electron chi connectivity index (χ3n) is 2.76. The first kappa shape index (κ1) is 11.6. The molecule has 1 aromatic rings. The van der Waals surface area contributed by atoms with Crippen molar-refractivity contribution in [3.05, 3.63) is 17.8 Å². The van der Waals surface area contributed by atoms with Crippen molar-refractivity contribution in [1.29, 1.82) is 0 Å². The highest BCUT2D eigenvalue weighted by molar-refractivity contribution is 5.95. The fraction of sp³-hybridized carbons (Fsp3) is 0.500. The summed E-state index contributed by atoms with van der Waals surface area (Å²) in [6.07, 6.45) is 0.349. The number of hydrogen-bond donors (Lipinski definition) is 2. The van der Waals surface area contributed by atoms with Crippen molar-refractivity contribution in [3.63, 3.8) is 0 Å². The third kappa shape index (κ3) is 2.01. The van der Waals surface area contributed by atoms with Gasteiger partial charge in [-0.05, 0) is 6.92 Å². The molecule has 1 fully saturated rings. The lowest BCUT2D eigenvalue weighted by molar-refractivity contribution is -0.141. The quantitative estimate of drug-likeness (QED) is 0.731. The van der Waals surface area contributed by atoms with Gasteiger partial charge >= 0.3 is 5.97 Å². The van der Waals surface area contributed by atoms with Gasteiger partial charge in [-0.25, -0.2) is 9.78 Å². The maximum atomic E-state index is 12.0. The van der Waals surface area contributed by atoms with Crippen LogP contribution in [0.3, 0.4) is 0 Å². The lowest BCUT2D eigenvalue weighted by atomic mass is 10.2. The molecule has 0 saturated carbocycles. The number of carboxylic acids is 1. The summed E-state index contributed by atoms with van der Waals surface area (Å²) in [6, 6.07) is -1.01. The number of aryl methyl sites for hydroxylation is 1. The zero-order valence-corrected chi connectivity index (χ0v) is 9.16. The van der Waals surface area contributed by atoms with E-state index in [9.17, 15) is 14.7 Å². The standard InChI is InChI=1S/C10H12N2O5/c1-5-8(17-4-11-5)9(14)12-3-6(13)2-7(12)10(15)16/h4,6-7,13H,2-3H2,1H3,(H,15,16)/t6?,7-/m0/s1. The number of nitrogens with zero attached hydrogens (tertiary/aromatic N) is 2. The summed E-state index contributed by atoms with van der Waals surface area (Å²) in [5, 5.41) is 18.4. The summed E-state index contributed by atoms with van der Waals surface area (Å²) >= 11 is 0. The average molecular weight is 240 g/mol. The normalized spacial score (nSPS) is 24.0. The van der Waals surface area contributed by atoms with Crippen molar-refractivity contribution in [2.75, 3.05) is 6.54 Å². The molecule has 1 aliphatic rings. The maximum absolute atomic E-state index is 12.0. The second-order valence-corrected chi connectivity index (χ2v) is 3.97. The number of hydrogen-bond acceptors (Lipinski definition) is 5. The van der Waals surface area contributed by atoms with Crippen LogP contribution in [-0.2, 0) is 4.79 Å². The molecule has 2 N–H and O–H groups in total. The summed E-state index contributed by atoms with van der Waals surface area (Å²) in [6.45, 7) is 1.59. The van der Waals surface area contributed by atoms with Crippen molar-refractivity contribution >= 4 is 11.9 Å². The number of carboxylic acid groups (broad SMARTS) is 1. The number of aliphatic hydroxyl groups is 1. The molecule has 0 aliphatic carbocycles. The van der Waals surface area contributed by atoms with Gasteiger partial charge in [0, 0.05) is 13.0 Å². The number of carbonyl (C=O) groups is 2. The number of carbonyl (C=O) groups excluding carboxylic acids is 1. The van der Waals surface area contributed by atoms with Crippen molar-refractivity contribution < 1.29 is 24.2 Å². The lowest BCUT2D eigenvalue weighted by Crippen LogP contribution is -2.40. The average Bonchev–Trinajstić information content (AvgIpc) is 2.83. The zero-order valence-electron chi connectivity index (χ0n) is 9.16. The molecular formula is C10H12N2O5. The second-order valence-electron chi connectivity index (χ2n) is 3.97. The molecule has 92 valence electrons. The van der Waals surface area contributed by atoms with E-state index in [0.717, 1.165) is 11.3 Å². The monoisotopic (exact) mass is 240 g/mol. The van der Waals surface area contributed by atoms with Crippen LogP contribution in [-0.4, -0.2) is 50.7 Å². The van der Waals surface area contributed by atoms with Gasteiger partial charge < -0.3 is 19.5 Å². The second kappa shape index (κ2) is 4.17. The van der Waals surface area contributed by atoms with Crippen LogP contribution >= 0.6 is 0 Å². The molecule has 1 unspecified atom stereocenters. The Morgan fingerprint density at radius 1 is 1.59 bits per heavy atom. The van der Waals surface area contributed by atoms with Gasteiger partial charge in [-0.15, -0.1) is 0 Å². The van der Waals surface area contributed by atoms with E-state index in [0.29, 0.717) is 5.69 Å². The van der Waals surface area contributed by atoms with Crippen molar-refractivity contribution in [2.45, 2.75) is 25.5 Å². The predicted molar refractivity (Wildman–Crippen MR) is 54.3 cm³/mol. The van der Waals surface area contributed by atoms with E-state index in [1.807, 2.05) is 0 Å². The topological polar surface area (TPSA) is 104 Å². The van der Waals surface area contributed by atoms with Gasteiger partial charge in [0.1, 0.15) is 6.04 Å². The fourth-order valence-corrected chi connectivity index (χ4v) is 1.91. The molecule has 0 spiro atoms. The SMILES string of the molecule is Cc1ncoc1C(=O)N1CC(O)C[C@H]1C(=O)O. The van der Waals surface area contributed by atoms with E-state index in [4.69, 9.17) is 9.52 Å². The van der Waals surface area contributed by atoms with Crippen molar-refractivity contribution in [3.8, 4) is 0 Å². The van der Waals surface area contributed by atoms with Gasteiger partial charge in [0.2, 0.25) is 5.76 Å². The molecule has 1 amide bonds. The maximum Gasteiger partial charge on any atom is 0.326 e. The van der Waals surface area contributed by atoms with Crippen LogP contribution in [0, 0.1) is 6.92 Å². The van der Waals surface area contributed by atoms with E-state index in [1.54, 1.807) is 6.92 Å². The van der Waals surface area contributed by atoms with Gasteiger partial charge in [0.25, 0.3) is 5.91 Å². The first-order valence-corrected chi connectivity index (χ1v) is 5.12. The number of β-amino-alcohol motifs (C(OH)–C–C–N with tert-alkyl or cyclic N) is 1. The van der Waals surface area contributed by atoms with Crippen molar-refractivity contribution in [1.82, 2.24) is 9.88 Å². The first-order chi connectivity index (χ1) is 8.00. The Labute approximate surface area is 96.7 Å². The minimum absolute atomic E-state index is 0.00403. The van der Waals surface area contributed by atoms with Gasteiger partial charge in [-0.3, -0.25) is 4.79 Å². The molecular weight excluding hydrogens is 228 g/mol. The molecule has 2 atom stereocenters. The minimum atomic E-state index is -1.13. The molecule has 1 aromatic heterocycles. The Balaban J connectivity index is 2.25. The molecule has 1 aliphatic heterocycles. The molecule has 0 aromatic carbocycles. The molecule has 0 radical (unpaired) electrons. The Morgan fingerprint density at radius 3 is 2.82 bits per heavy atom. The number of aliphatic hydroxyl groups excluding tert-OH is 1. The number of likely N-dealkylation sites (tertiary alicyclic amines) is 1. The van der Waals surface area contributed by atoms with E-state index in [-0.39, 0.29) is 18.7 Å². The van der Waals surface area contributed by atoms with Crippen LogP contribution in [0.15, 0.2) is 10.8 Å². The predicted octanol–water partition coefficient (Wildman–Crippen LogP) is -0.357. The summed E-state index contributed by atoms with van der Waals surface area (Å²) in [7, 11) is 0. The molecule has 2 rings (SSSR count). The van der Waals surface area contributed by atoms with Gasteiger partial charge in [0.15, 0.2) is 6.39 Å².